The van der Waals surface area contributed by atoms with Crippen LogP contribution in [0.25, 0.3) is 0 Å². The lowest BCUT2D eigenvalue weighted by atomic mass is 10.1. The summed E-state index contributed by atoms with van der Waals surface area (Å²) < 4.78 is 4.92. The highest BCUT2D eigenvalue weighted by molar-refractivity contribution is 5.75. The van der Waals surface area contributed by atoms with E-state index in [1.54, 1.807) is 0 Å². The molecule has 0 aromatic carbocycles. The van der Waals surface area contributed by atoms with Crippen LogP contribution in [0.5, 0.6) is 0 Å². The van der Waals surface area contributed by atoms with Crippen molar-refractivity contribution in [1.29, 1.82) is 0 Å². The minimum atomic E-state index is -0.177. The van der Waals surface area contributed by atoms with Crippen LogP contribution < -0.4 is 5.32 Å². The number of hydrogen-bond donors (Lipinski definition) is 1. The van der Waals surface area contributed by atoms with E-state index in [0.29, 0.717) is 12.6 Å². The summed E-state index contributed by atoms with van der Waals surface area (Å²) in [7, 11) is 0. The van der Waals surface area contributed by atoms with Gasteiger partial charge in [-0.3, -0.25) is 4.79 Å². The monoisotopic (exact) mass is 199 g/mol. The quantitative estimate of drug-likeness (QED) is 0.662. The summed E-state index contributed by atoms with van der Waals surface area (Å²) in [5, 5.41) is 3.26. The number of hydrogen-bond acceptors (Lipinski definition) is 3. The molecule has 1 N–H and O–H groups in total. The molecule has 0 aromatic rings. The van der Waals surface area contributed by atoms with Crippen molar-refractivity contribution in [3.8, 4) is 0 Å². The summed E-state index contributed by atoms with van der Waals surface area (Å²) in [4.78, 5) is 11.3. The molecule has 2 atom stereocenters. The van der Waals surface area contributed by atoms with Gasteiger partial charge < -0.3 is 10.1 Å². The van der Waals surface area contributed by atoms with E-state index in [4.69, 9.17) is 4.74 Å². The Hall–Kier alpha value is -0.570. The largest absolute Gasteiger partial charge is 0.465 e. The van der Waals surface area contributed by atoms with E-state index >= 15 is 0 Å². The second-order valence-corrected chi connectivity index (χ2v) is 4.22. The number of carbonyl (C=O) groups is 1. The predicted molar refractivity (Wildman–Crippen MR) is 56.0 cm³/mol. The maximum Gasteiger partial charge on any atom is 0.322 e. The highest BCUT2D eigenvalue weighted by atomic mass is 16.5. The van der Waals surface area contributed by atoms with E-state index in [-0.39, 0.29) is 12.0 Å². The van der Waals surface area contributed by atoms with Gasteiger partial charge in [0.05, 0.1) is 6.61 Å². The Morgan fingerprint density at radius 2 is 2.14 bits per heavy atom. The van der Waals surface area contributed by atoms with Crippen molar-refractivity contribution in [3.05, 3.63) is 0 Å². The Bertz CT molecular complexity index is 190. The van der Waals surface area contributed by atoms with Crippen LogP contribution >= 0.6 is 0 Å². The smallest absolute Gasteiger partial charge is 0.322 e. The first kappa shape index (κ1) is 11.5. The van der Waals surface area contributed by atoms with E-state index in [1.165, 1.54) is 19.3 Å². The number of esters is 1. The van der Waals surface area contributed by atoms with Crippen LogP contribution in [0.1, 0.15) is 40.0 Å². The van der Waals surface area contributed by atoms with Crippen LogP contribution in [0.2, 0.25) is 0 Å². The van der Waals surface area contributed by atoms with Gasteiger partial charge in [0.2, 0.25) is 0 Å². The lowest BCUT2D eigenvalue weighted by Crippen LogP contribution is -2.41. The molecule has 0 aromatic heterocycles. The molecule has 0 aliphatic heterocycles. The second-order valence-electron chi connectivity index (χ2n) is 4.22. The van der Waals surface area contributed by atoms with Gasteiger partial charge in [-0.25, -0.2) is 0 Å². The van der Waals surface area contributed by atoms with Gasteiger partial charge in [0.1, 0.15) is 6.04 Å². The van der Waals surface area contributed by atoms with E-state index in [9.17, 15) is 4.79 Å². The van der Waals surface area contributed by atoms with Crippen molar-refractivity contribution in [2.75, 3.05) is 6.61 Å². The first-order chi connectivity index (χ1) is 6.63. The Morgan fingerprint density at radius 1 is 1.50 bits per heavy atom. The molecule has 1 fully saturated rings. The molecule has 82 valence electrons. The highest BCUT2D eigenvalue weighted by Crippen LogP contribution is 2.33. The Morgan fingerprint density at radius 3 is 2.64 bits per heavy atom. The number of rotatable bonds is 6. The lowest BCUT2D eigenvalue weighted by Gasteiger charge is -2.18. The van der Waals surface area contributed by atoms with Gasteiger partial charge in [0.15, 0.2) is 0 Å². The van der Waals surface area contributed by atoms with E-state index < -0.39 is 0 Å². The Balaban J connectivity index is 2.16. The van der Waals surface area contributed by atoms with Crippen LogP contribution in [0, 0.1) is 5.92 Å². The van der Waals surface area contributed by atoms with E-state index in [0.717, 1.165) is 5.92 Å². The van der Waals surface area contributed by atoms with Crippen LogP contribution in [0.3, 0.4) is 0 Å². The van der Waals surface area contributed by atoms with E-state index in [1.807, 2.05) is 13.8 Å². The molecule has 1 saturated carbocycles. The third-order valence-electron chi connectivity index (χ3n) is 2.56. The van der Waals surface area contributed by atoms with Crippen molar-refractivity contribution in [1.82, 2.24) is 5.32 Å². The van der Waals surface area contributed by atoms with Gasteiger partial charge in [-0.05, 0) is 33.1 Å². The maximum atomic E-state index is 11.3. The van der Waals surface area contributed by atoms with Gasteiger partial charge in [0.25, 0.3) is 0 Å². The molecule has 0 radical (unpaired) electrons. The van der Waals surface area contributed by atoms with Crippen molar-refractivity contribution < 1.29 is 9.53 Å². The molecule has 0 spiro atoms. The summed E-state index contributed by atoms with van der Waals surface area (Å²) in [5.41, 5.74) is 0. The molecular formula is C11H21NO2. The fourth-order valence-electron chi connectivity index (χ4n) is 1.68. The average Bonchev–Trinajstić information content (AvgIpc) is 2.88. The second kappa shape index (κ2) is 5.35. The summed E-state index contributed by atoms with van der Waals surface area (Å²) in [6.45, 7) is 6.29. The van der Waals surface area contributed by atoms with Gasteiger partial charge in [-0.2, -0.15) is 0 Å². The molecule has 0 saturated heterocycles. The summed E-state index contributed by atoms with van der Waals surface area (Å²) >= 11 is 0. The van der Waals surface area contributed by atoms with Gasteiger partial charge >= 0.3 is 5.97 Å². The van der Waals surface area contributed by atoms with Crippen LogP contribution in [0.4, 0.5) is 0 Å². The first-order valence-electron chi connectivity index (χ1n) is 5.56. The molecule has 3 nitrogen and oxygen atoms in total. The van der Waals surface area contributed by atoms with Crippen LogP contribution in [-0.2, 0) is 9.53 Å². The SMILES string of the molecule is CCOC(=O)C(C)NC(C)CC1CC1. The van der Waals surface area contributed by atoms with Crippen molar-refractivity contribution >= 4 is 5.97 Å². The zero-order chi connectivity index (χ0) is 10.6. The fraction of sp³-hybridized carbons (Fsp3) is 0.909. The number of ether oxygens (including phenoxy) is 1. The lowest BCUT2D eigenvalue weighted by molar-refractivity contribution is -0.145. The number of nitrogens with one attached hydrogen (secondary N) is 1. The predicted octanol–water partition coefficient (Wildman–Crippen LogP) is 1.72. The molecular weight excluding hydrogens is 178 g/mol. The molecule has 1 aliphatic carbocycles. The molecule has 0 bridgehead atoms. The molecule has 2 unspecified atom stereocenters. The zero-order valence-electron chi connectivity index (χ0n) is 9.38. The molecule has 14 heavy (non-hydrogen) atoms. The van der Waals surface area contributed by atoms with E-state index in [2.05, 4.69) is 12.2 Å². The summed E-state index contributed by atoms with van der Waals surface area (Å²) in [6, 6.07) is 0.241. The van der Waals surface area contributed by atoms with Gasteiger partial charge in [-0.15, -0.1) is 0 Å². The zero-order valence-corrected chi connectivity index (χ0v) is 9.38. The molecule has 1 aliphatic rings. The average molecular weight is 199 g/mol. The Kier molecular flexibility index (Phi) is 4.39. The normalized spacial score (nSPS) is 20.2. The third-order valence-corrected chi connectivity index (χ3v) is 2.56. The van der Waals surface area contributed by atoms with Crippen molar-refractivity contribution in [2.24, 2.45) is 5.92 Å². The van der Waals surface area contributed by atoms with Gasteiger partial charge in [0, 0.05) is 6.04 Å². The minimum Gasteiger partial charge on any atom is -0.465 e. The van der Waals surface area contributed by atoms with Crippen LogP contribution in [-0.4, -0.2) is 24.7 Å². The summed E-state index contributed by atoms with van der Waals surface area (Å²) in [6.07, 6.45) is 3.91. The molecule has 3 heteroatoms. The first-order valence-corrected chi connectivity index (χ1v) is 5.56. The molecule has 1 rings (SSSR count). The number of carbonyl (C=O) groups excluding carboxylic acids is 1. The highest BCUT2D eigenvalue weighted by Gasteiger charge is 2.25. The third kappa shape index (κ3) is 4.09. The topological polar surface area (TPSA) is 38.3 Å². The summed E-state index contributed by atoms with van der Waals surface area (Å²) in [5.74, 6) is 0.752. The minimum absolute atomic E-state index is 0.143. The van der Waals surface area contributed by atoms with Gasteiger partial charge in [-0.1, -0.05) is 12.8 Å². The van der Waals surface area contributed by atoms with Crippen molar-refractivity contribution in [3.63, 3.8) is 0 Å². The Labute approximate surface area is 86.2 Å². The molecule has 0 amide bonds. The molecule has 0 heterocycles. The fourth-order valence-corrected chi connectivity index (χ4v) is 1.68. The standard InChI is InChI=1S/C11H21NO2/c1-4-14-11(13)9(3)12-8(2)7-10-5-6-10/h8-10,12H,4-7H2,1-3H3. The van der Waals surface area contributed by atoms with Crippen molar-refractivity contribution in [2.45, 2.75) is 52.1 Å². The van der Waals surface area contributed by atoms with Crippen LogP contribution in [0.15, 0.2) is 0 Å². The maximum absolute atomic E-state index is 11.3.